The van der Waals surface area contributed by atoms with Crippen LogP contribution in [0.2, 0.25) is 0 Å². The highest BCUT2D eigenvalue weighted by Crippen LogP contribution is 2.03. The van der Waals surface area contributed by atoms with Gasteiger partial charge in [-0.05, 0) is 25.0 Å². The Morgan fingerprint density at radius 1 is 1.24 bits per heavy atom. The highest BCUT2D eigenvalue weighted by molar-refractivity contribution is 5.79. The molecule has 0 bridgehead atoms. The molecule has 0 saturated carbocycles. The van der Waals surface area contributed by atoms with Crippen LogP contribution in [0.1, 0.15) is 16.7 Å². The molecule has 2 rings (SSSR count). The van der Waals surface area contributed by atoms with Crippen molar-refractivity contribution in [1.29, 1.82) is 0 Å². The molecule has 21 heavy (non-hydrogen) atoms. The van der Waals surface area contributed by atoms with Crippen LogP contribution in [0, 0.1) is 13.8 Å². The van der Waals surface area contributed by atoms with Crippen LogP contribution in [0.15, 0.2) is 41.7 Å². The monoisotopic (exact) mass is 285 g/mol. The molecule has 1 aromatic heterocycles. The SMILES string of the molecule is CN=C(NCCn1cc(C)cn1)NCc1cccc(C)c1. The van der Waals surface area contributed by atoms with Gasteiger partial charge in [-0.1, -0.05) is 29.8 Å². The lowest BCUT2D eigenvalue weighted by atomic mass is 10.1. The standard InChI is InChI=1S/C16H23N5/c1-13-5-4-6-15(9-13)11-19-16(17-3)18-7-8-21-12-14(2)10-20-21/h4-6,9-10,12H,7-8,11H2,1-3H3,(H2,17,18,19). The Bertz CT molecular complexity index is 600. The van der Waals surface area contributed by atoms with Crippen LogP contribution < -0.4 is 10.6 Å². The topological polar surface area (TPSA) is 54.2 Å². The first kappa shape index (κ1) is 15.1. The van der Waals surface area contributed by atoms with Crippen molar-refractivity contribution in [2.45, 2.75) is 26.9 Å². The third kappa shape index (κ3) is 4.95. The second-order valence-electron chi connectivity index (χ2n) is 5.12. The molecule has 0 aliphatic heterocycles. The summed E-state index contributed by atoms with van der Waals surface area (Å²) in [4.78, 5) is 4.23. The van der Waals surface area contributed by atoms with E-state index in [1.807, 2.05) is 24.0 Å². The Balaban J connectivity index is 1.76. The van der Waals surface area contributed by atoms with Gasteiger partial charge in [0.2, 0.25) is 0 Å². The van der Waals surface area contributed by atoms with Crippen LogP contribution in [0.25, 0.3) is 0 Å². The van der Waals surface area contributed by atoms with E-state index in [1.165, 1.54) is 16.7 Å². The lowest BCUT2D eigenvalue weighted by Crippen LogP contribution is -2.38. The molecule has 0 fully saturated rings. The molecule has 0 aliphatic carbocycles. The second kappa shape index (κ2) is 7.47. The van der Waals surface area contributed by atoms with Crippen molar-refractivity contribution in [2.75, 3.05) is 13.6 Å². The highest BCUT2D eigenvalue weighted by Gasteiger charge is 1.99. The zero-order chi connectivity index (χ0) is 15.1. The molecule has 2 aromatic rings. The minimum absolute atomic E-state index is 0.766. The van der Waals surface area contributed by atoms with Gasteiger partial charge in [0.15, 0.2) is 5.96 Å². The average molecular weight is 285 g/mol. The molecular formula is C16H23N5. The van der Waals surface area contributed by atoms with Gasteiger partial charge >= 0.3 is 0 Å². The van der Waals surface area contributed by atoms with Crippen LogP contribution in [0.4, 0.5) is 0 Å². The maximum Gasteiger partial charge on any atom is 0.191 e. The Kier molecular flexibility index (Phi) is 5.37. The van der Waals surface area contributed by atoms with Gasteiger partial charge < -0.3 is 10.6 Å². The molecule has 112 valence electrons. The number of aliphatic imine (C=N–C) groups is 1. The fourth-order valence-corrected chi connectivity index (χ4v) is 2.11. The van der Waals surface area contributed by atoms with Crippen molar-refractivity contribution in [3.8, 4) is 0 Å². The Morgan fingerprint density at radius 3 is 2.76 bits per heavy atom. The summed E-state index contributed by atoms with van der Waals surface area (Å²) in [6, 6.07) is 8.46. The number of benzene rings is 1. The molecule has 0 atom stereocenters. The number of rotatable bonds is 5. The Morgan fingerprint density at radius 2 is 2.10 bits per heavy atom. The summed E-state index contributed by atoms with van der Waals surface area (Å²) >= 11 is 0. The van der Waals surface area contributed by atoms with Gasteiger partial charge in [-0.3, -0.25) is 9.67 Å². The maximum absolute atomic E-state index is 4.26. The minimum atomic E-state index is 0.766. The van der Waals surface area contributed by atoms with Crippen LogP contribution in [0.5, 0.6) is 0 Å². The molecule has 0 radical (unpaired) electrons. The van der Waals surface area contributed by atoms with Gasteiger partial charge in [0, 0.05) is 26.3 Å². The van der Waals surface area contributed by atoms with E-state index in [9.17, 15) is 0 Å². The van der Waals surface area contributed by atoms with Crippen LogP contribution in [-0.2, 0) is 13.1 Å². The number of aryl methyl sites for hydroxylation is 2. The Labute approximate surface area is 126 Å². The summed E-state index contributed by atoms with van der Waals surface area (Å²) in [7, 11) is 1.78. The molecule has 2 N–H and O–H groups in total. The molecule has 1 aromatic carbocycles. The quantitative estimate of drug-likeness (QED) is 0.651. The number of guanidine groups is 1. The molecule has 0 amide bonds. The summed E-state index contributed by atoms with van der Waals surface area (Å²) < 4.78 is 1.93. The summed E-state index contributed by atoms with van der Waals surface area (Å²) in [5.74, 6) is 0.806. The predicted molar refractivity (Wildman–Crippen MR) is 86.3 cm³/mol. The minimum Gasteiger partial charge on any atom is -0.355 e. The van der Waals surface area contributed by atoms with Crippen LogP contribution in [0.3, 0.4) is 0 Å². The van der Waals surface area contributed by atoms with E-state index in [1.54, 1.807) is 7.05 Å². The fourth-order valence-electron chi connectivity index (χ4n) is 2.11. The van der Waals surface area contributed by atoms with Crippen molar-refractivity contribution in [3.63, 3.8) is 0 Å². The highest BCUT2D eigenvalue weighted by atomic mass is 15.3. The van der Waals surface area contributed by atoms with E-state index >= 15 is 0 Å². The van der Waals surface area contributed by atoms with Gasteiger partial charge in [0.25, 0.3) is 0 Å². The molecular weight excluding hydrogens is 262 g/mol. The van der Waals surface area contributed by atoms with Gasteiger partial charge in [-0.15, -0.1) is 0 Å². The molecule has 1 heterocycles. The van der Waals surface area contributed by atoms with Gasteiger partial charge in [0.05, 0.1) is 12.7 Å². The van der Waals surface area contributed by atoms with E-state index < -0.39 is 0 Å². The number of nitrogens with zero attached hydrogens (tertiary/aromatic N) is 3. The predicted octanol–water partition coefficient (Wildman–Crippen LogP) is 1.87. The molecule has 0 unspecified atom stereocenters. The summed E-state index contributed by atoms with van der Waals surface area (Å²) in [6.45, 7) is 6.51. The number of nitrogens with one attached hydrogen (secondary N) is 2. The average Bonchev–Trinajstić information content (AvgIpc) is 2.88. The molecule has 0 spiro atoms. The molecule has 0 aliphatic rings. The van der Waals surface area contributed by atoms with Crippen LogP contribution in [-0.4, -0.2) is 29.3 Å². The van der Waals surface area contributed by atoms with E-state index in [0.29, 0.717) is 0 Å². The first-order valence-corrected chi connectivity index (χ1v) is 7.16. The third-order valence-electron chi connectivity index (χ3n) is 3.16. The van der Waals surface area contributed by atoms with E-state index in [2.05, 4.69) is 51.9 Å². The van der Waals surface area contributed by atoms with Crippen LogP contribution >= 0.6 is 0 Å². The largest absolute Gasteiger partial charge is 0.355 e. The summed E-state index contributed by atoms with van der Waals surface area (Å²) in [5, 5.41) is 10.9. The first-order valence-electron chi connectivity index (χ1n) is 7.16. The number of hydrogen-bond acceptors (Lipinski definition) is 2. The smallest absolute Gasteiger partial charge is 0.191 e. The number of hydrogen-bond donors (Lipinski definition) is 2. The van der Waals surface area contributed by atoms with E-state index in [-0.39, 0.29) is 0 Å². The van der Waals surface area contributed by atoms with Crippen molar-refractivity contribution >= 4 is 5.96 Å². The van der Waals surface area contributed by atoms with E-state index in [4.69, 9.17) is 0 Å². The Hall–Kier alpha value is -2.30. The maximum atomic E-state index is 4.26. The van der Waals surface area contributed by atoms with Gasteiger partial charge in [-0.2, -0.15) is 5.10 Å². The van der Waals surface area contributed by atoms with Crippen molar-refractivity contribution in [1.82, 2.24) is 20.4 Å². The lowest BCUT2D eigenvalue weighted by Gasteiger charge is -2.12. The zero-order valence-electron chi connectivity index (χ0n) is 12.9. The summed E-state index contributed by atoms with van der Waals surface area (Å²) in [6.07, 6.45) is 3.90. The van der Waals surface area contributed by atoms with Gasteiger partial charge in [0.1, 0.15) is 0 Å². The summed E-state index contributed by atoms with van der Waals surface area (Å²) in [5.41, 5.74) is 3.70. The molecule has 5 nitrogen and oxygen atoms in total. The fraction of sp³-hybridized carbons (Fsp3) is 0.375. The second-order valence-corrected chi connectivity index (χ2v) is 5.12. The van der Waals surface area contributed by atoms with Crippen molar-refractivity contribution < 1.29 is 0 Å². The normalized spacial score (nSPS) is 11.5. The van der Waals surface area contributed by atoms with Gasteiger partial charge in [-0.25, -0.2) is 0 Å². The van der Waals surface area contributed by atoms with Crippen molar-refractivity contribution in [2.24, 2.45) is 4.99 Å². The van der Waals surface area contributed by atoms with E-state index in [0.717, 1.165) is 25.6 Å². The molecule has 0 saturated heterocycles. The first-order chi connectivity index (χ1) is 10.2. The zero-order valence-corrected chi connectivity index (χ0v) is 12.9. The third-order valence-corrected chi connectivity index (χ3v) is 3.16. The van der Waals surface area contributed by atoms with Crippen molar-refractivity contribution in [3.05, 3.63) is 53.3 Å². The molecule has 5 heteroatoms. The lowest BCUT2D eigenvalue weighted by molar-refractivity contribution is 0.597. The number of aromatic nitrogens is 2.